The van der Waals surface area contributed by atoms with Crippen molar-refractivity contribution in [2.75, 3.05) is 0 Å². The average molecular weight is 244 g/mol. The Bertz CT molecular complexity index is 314. The van der Waals surface area contributed by atoms with Crippen molar-refractivity contribution < 1.29 is 24.6 Å². The lowest BCUT2D eigenvalue weighted by molar-refractivity contribution is -0.140. The largest absolute Gasteiger partial charge is 0.481 e. The first-order valence-electron chi connectivity index (χ1n) is 5.50. The number of hydrogen-bond acceptors (Lipinski definition) is 3. The number of carbonyl (C=O) groups is 3. The third-order valence-corrected chi connectivity index (χ3v) is 2.40. The van der Waals surface area contributed by atoms with E-state index < -0.39 is 24.0 Å². The lowest BCUT2D eigenvalue weighted by Crippen LogP contribution is -2.46. The van der Waals surface area contributed by atoms with Crippen LogP contribution in [0.1, 0.15) is 32.1 Å². The van der Waals surface area contributed by atoms with Gasteiger partial charge in [-0.15, -0.1) is 0 Å². The highest BCUT2D eigenvalue weighted by atomic mass is 16.4. The molecular weight excluding hydrogens is 228 g/mol. The van der Waals surface area contributed by atoms with Gasteiger partial charge in [-0.25, -0.2) is 9.59 Å². The van der Waals surface area contributed by atoms with Gasteiger partial charge >= 0.3 is 18.0 Å². The molecule has 2 amide bonds. The second-order valence-electron chi connectivity index (χ2n) is 4.07. The van der Waals surface area contributed by atoms with Gasteiger partial charge in [-0.2, -0.15) is 0 Å². The van der Waals surface area contributed by atoms with Gasteiger partial charge in [0.15, 0.2) is 0 Å². The number of rotatable bonds is 7. The van der Waals surface area contributed by atoms with Crippen LogP contribution in [0.2, 0.25) is 0 Å². The molecule has 0 radical (unpaired) electrons. The molecular formula is C10H16N2O5. The zero-order chi connectivity index (χ0) is 12.8. The molecule has 1 rings (SSSR count). The van der Waals surface area contributed by atoms with Gasteiger partial charge in [0.1, 0.15) is 6.04 Å². The number of carboxylic acid groups (broad SMARTS) is 2. The number of urea groups is 1. The highest BCUT2D eigenvalue weighted by molar-refractivity contribution is 5.82. The fourth-order valence-corrected chi connectivity index (χ4v) is 1.33. The summed E-state index contributed by atoms with van der Waals surface area (Å²) in [7, 11) is 0. The fraction of sp³-hybridized carbons (Fsp3) is 0.700. The summed E-state index contributed by atoms with van der Waals surface area (Å²) >= 11 is 0. The molecule has 1 saturated carbocycles. The minimum Gasteiger partial charge on any atom is -0.481 e. The maximum absolute atomic E-state index is 11.3. The molecule has 96 valence electrons. The molecule has 0 aromatic rings. The predicted octanol–water partition coefficient (Wildman–Crippen LogP) is 0.156. The van der Waals surface area contributed by atoms with Crippen LogP contribution in [-0.2, 0) is 9.59 Å². The van der Waals surface area contributed by atoms with Crippen LogP contribution in [0.25, 0.3) is 0 Å². The van der Waals surface area contributed by atoms with Crippen molar-refractivity contribution in [3.63, 3.8) is 0 Å². The summed E-state index contributed by atoms with van der Waals surface area (Å²) in [6.07, 6.45) is 2.07. The van der Waals surface area contributed by atoms with E-state index >= 15 is 0 Å². The lowest BCUT2D eigenvalue weighted by Gasteiger charge is -2.14. The molecule has 17 heavy (non-hydrogen) atoms. The van der Waals surface area contributed by atoms with Gasteiger partial charge in [0, 0.05) is 12.5 Å². The van der Waals surface area contributed by atoms with Crippen molar-refractivity contribution in [2.45, 2.75) is 44.2 Å². The van der Waals surface area contributed by atoms with Crippen molar-refractivity contribution in [3.05, 3.63) is 0 Å². The molecule has 0 spiro atoms. The Kier molecular flexibility index (Phi) is 4.74. The summed E-state index contributed by atoms with van der Waals surface area (Å²) in [5.74, 6) is -2.13. The van der Waals surface area contributed by atoms with E-state index in [0.717, 1.165) is 12.8 Å². The minimum absolute atomic E-state index is 0.101. The first kappa shape index (κ1) is 13.3. The molecule has 1 aliphatic carbocycles. The Morgan fingerprint density at radius 3 is 2.35 bits per heavy atom. The molecule has 1 fully saturated rings. The molecule has 0 heterocycles. The molecule has 0 aliphatic heterocycles. The zero-order valence-corrected chi connectivity index (χ0v) is 9.31. The van der Waals surface area contributed by atoms with E-state index in [1.807, 2.05) is 0 Å². The van der Waals surface area contributed by atoms with Crippen LogP contribution >= 0.6 is 0 Å². The zero-order valence-electron chi connectivity index (χ0n) is 9.31. The van der Waals surface area contributed by atoms with Gasteiger partial charge in [0.05, 0.1) is 0 Å². The highest BCUT2D eigenvalue weighted by Crippen LogP contribution is 2.18. The number of hydrogen-bond donors (Lipinski definition) is 4. The molecule has 0 aromatic carbocycles. The van der Waals surface area contributed by atoms with Gasteiger partial charge in [-0.1, -0.05) is 0 Å². The molecule has 1 atom stereocenters. The Hall–Kier alpha value is -1.79. The molecule has 0 aromatic heterocycles. The summed E-state index contributed by atoms with van der Waals surface area (Å²) in [4.78, 5) is 32.4. The second-order valence-corrected chi connectivity index (χ2v) is 4.07. The van der Waals surface area contributed by atoms with Crippen molar-refractivity contribution in [1.29, 1.82) is 0 Å². The van der Waals surface area contributed by atoms with Crippen LogP contribution in [0.5, 0.6) is 0 Å². The van der Waals surface area contributed by atoms with Gasteiger partial charge < -0.3 is 20.8 Å². The number of amides is 2. The van der Waals surface area contributed by atoms with Crippen LogP contribution in [0.3, 0.4) is 0 Å². The number of carbonyl (C=O) groups excluding carboxylic acids is 1. The number of nitrogens with one attached hydrogen (secondary N) is 2. The van der Waals surface area contributed by atoms with Crippen molar-refractivity contribution in [1.82, 2.24) is 10.6 Å². The highest BCUT2D eigenvalue weighted by Gasteiger charge is 2.26. The summed E-state index contributed by atoms with van der Waals surface area (Å²) in [6.45, 7) is 0. The molecule has 0 saturated heterocycles. The molecule has 0 bridgehead atoms. The normalized spacial score (nSPS) is 16.0. The first-order valence-corrected chi connectivity index (χ1v) is 5.50. The Morgan fingerprint density at radius 1 is 1.24 bits per heavy atom. The minimum atomic E-state index is -1.15. The monoisotopic (exact) mass is 244 g/mol. The quantitative estimate of drug-likeness (QED) is 0.509. The van der Waals surface area contributed by atoms with E-state index in [4.69, 9.17) is 10.2 Å². The molecule has 4 N–H and O–H groups in total. The van der Waals surface area contributed by atoms with Crippen LogP contribution in [-0.4, -0.2) is 40.3 Å². The topological polar surface area (TPSA) is 116 Å². The Labute approximate surface area is 98.2 Å². The van der Waals surface area contributed by atoms with Crippen molar-refractivity contribution in [3.8, 4) is 0 Å². The molecule has 7 heteroatoms. The standard InChI is InChI=1S/C10H16N2O5/c13-8(14)3-1-2-7(9(15)16)12-10(17)11-6-4-5-6/h6-7H,1-5H2,(H,13,14)(H,15,16)(H2,11,12,17)/t7-/m1/s1. The van der Waals surface area contributed by atoms with E-state index in [9.17, 15) is 14.4 Å². The van der Waals surface area contributed by atoms with E-state index in [1.165, 1.54) is 0 Å². The summed E-state index contributed by atoms with van der Waals surface area (Å²) in [5, 5.41) is 22.2. The maximum Gasteiger partial charge on any atom is 0.326 e. The predicted molar refractivity (Wildman–Crippen MR) is 57.6 cm³/mol. The van der Waals surface area contributed by atoms with Crippen LogP contribution in [0.4, 0.5) is 4.79 Å². The van der Waals surface area contributed by atoms with Crippen LogP contribution in [0.15, 0.2) is 0 Å². The molecule has 1 aliphatic rings. The lowest BCUT2D eigenvalue weighted by atomic mass is 10.1. The van der Waals surface area contributed by atoms with Crippen LogP contribution in [0, 0.1) is 0 Å². The fourth-order valence-electron chi connectivity index (χ4n) is 1.33. The van der Waals surface area contributed by atoms with Gasteiger partial charge in [-0.3, -0.25) is 4.79 Å². The SMILES string of the molecule is O=C(O)CCC[C@@H](NC(=O)NC1CC1)C(=O)O. The molecule has 7 nitrogen and oxygen atoms in total. The maximum atomic E-state index is 11.3. The third kappa shape index (κ3) is 5.74. The van der Waals surface area contributed by atoms with Gasteiger partial charge in [-0.05, 0) is 25.7 Å². The smallest absolute Gasteiger partial charge is 0.326 e. The van der Waals surface area contributed by atoms with Crippen LogP contribution < -0.4 is 10.6 Å². The first-order chi connectivity index (χ1) is 7.99. The number of aliphatic carboxylic acids is 2. The number of carboxylic acids is 2. The summed E-state index contributed by atoms with van der Waals surface area (Å²) in [6, 6.07) is -1.38. The summed E-state index contributed by atoms with van der Waals surface area (Å²) < 4.78 is 0. The van der Waals surface area contributed by atoms with E-state index in [2.05, 4.69) is 10.6 Å². The van der Waals surface area contributed by atoms with Gasteiger partial charge in [0.25, 0.3) is 0 Å². The van der Waals surface area contributed by atoms with Crippen molar-refractivity contribution in [2.24, 2.45) is 0 Å². The second kappa shape index (κ2) is 6.07. The van der Waals surface area contributed by atoms with E-state index in [1.54, 1.807) is 0 Å². The summed E-state index contributed by atoms with van der Waals surface area (Å²) in [5.41, 5.74) is 0. The third-order valence-electron chi connectivity index (χ3n) is 2.40. The Balaban J connectivity index is 2.28. The Morgan fingerprint density at radius 2 is 1.88 bits per heavy atom. The van der Waals surface area contributed by atoms with Gasteiger partial charge in [0.2, 0.25) is 0 Å². The average Bonchev–Trinajstić information content (AvgIpc) is 2.99. The van der Waals surface area contributed by atoms with Crippen molar-refractivity contribution >= 4 is 18.0 Å². The van der Waals surface area contributed by atoms with E-state index in [0.29, 0.717) is 0 Å². The van der Waals surface area contributed by atoms with E-state index in [-0.39, 0.29) is 25.3 Å². The molecule has 0 unspecified atom stereocenters.